The number of phenolic OH excluding ortho intramolecular Hbond substituents is 1. The van der Waals surface area contributed by atoms with Crippen LogP contribution in [0, 0.1) is 11.8 Å². The third-order valence-electron chi connectivity index (χ3n) is 15.4. The number of ether oxygens (including phenoxy) is 1. The summed E-state index contributed by atoms with van der Waals surface area (Å²) in [6.45, 7) is 4.03. The van der Waals surface area contributed by atoms with Gasteiger partial charge in [0, 0.05) is 54.6 Å². The van der Waals surface area contributed by atoms with E-state index < -0.39 is 205 Å². The molecule has 3 fully saturated rings. The number of primary amides is 1. The van der Waals surface area contributed by atoms with Gasteiger partial charge in [-0.05, 0) is 80.3 Å². The van der Waals surface area contributed by atoms with Crippen molar-refractivity contribution < 1.29 is 135 Å². The van der Waals surface area contributed by atoms with Crippen molar-refractivity contribution in [1.82, 2.24) is 36.2 Å². The Morgan fingerprint density at radius 3 is 2.15 bits per heavy atom. The van der Waals surface area contributed by atoms with E-state index in [4.69, 9.17) is 15.0 Å². The molecule has 89 heavy (non-hydrogen) atoms. The molecule has 14 unspecified atom stereocenters. The van der Waals surface area contributed by atoms with Crippen molar-refractivity contribution in [3.63, 3.8) is 0 Å². The largest absolute Gasteiger partial charge is 1.00 e. The summed E-state index contributed by atoms with van der Waals surface area (Å²) in [5.74, 6) is -13.8. The molecule has 7 rings (SSSR count). The Labute approximate surface area is 532 Å². The van der Waals surface area contributed by atoms with Crippen molar-refractivity contribution in [3.8, 4) is 39.8 Å². The fraction of sp³-hybridized carbons (Fsp3) is 0.491. The monoisotopic (exact) mass is 1270 g/mol. The van der Waals surface area contributed by atoms with E-state index in [9.17, 15) is 92.2 Å². The maximum Gasteiger partial charge on any atom is 1.00 e. The Morgan fingerprint density at radius 2 is 1.51 bits per heavy atom. The first kappa shape index (κ1) is 70.9. The van der Waals surface area contributed by atoms with Gasteiger partial charge in [0.05, 0.1) is 43.4 Å². The van der Waals surface area contributed by atoms with E-state index in [2.05, 4.69) is 37.5 Å². The molecule has 3 aliphatic heterocycles. The molecule has 0 saturated carbocycles. The Kier molecular flexibility index (Phi) is 24.8. The van der Waals surface area contributed by atoms with E-state index >= 15 is 0 Å². The molecule has 0 spiro atoms. The van der Waals surface area contributed by atoms with Gasteiger partial charge in [-0.15, -0.1) is 0 Å². The molecule has 3 aliphatic rings. The second-order valence-corrected chi connectivity index (χ2v) is 23.0. The molecule has 7 amide bonds. The van der Waals surface area contributed by atoms with Crippen molar-refractivity contribution >= 4 is 57.5 Å². The molecule has 30 nitrogen and oxygen atoms in total. The first-order chi connectivity index (χ1) is 41.5. The number of nitrogens with one attached hydrogen (secondary N) is 4. The Bertz CT molecular complexity index is 3300. The molecular formula is C57H71N8NaO22S. The van der Waals surface area contributed by atoms with Crippen molar-refractivity contribution in [3.05, 3.63) is 83.9 Å². The van der Waals surface area contributed by atoms with E-state index in [0.29, 0.717) is 52.0 Å². The number of carbonyl (C=O) groups excluding carboxylic acids is 8. The van der Waals surface area contributed by atoms with E-state index in [-0.39, 0.29) is 35.1 Å². The molecule has 14 atom stereocenters. The molecule has 3 saturated heterocycles. The number of benzene rings is 3. The van der Waals surface area contributed by atoms with Crippen LogP contribution in [0.25, 0.3) is 22.6 Å². The van der Waals surface area contributed by atoms with Gasteiger partial charge in [0.25, 0.3) is 16.3 Å². The zero-order valence-electron chi connectivity index (χ0n) is 48.9. The smallest absolute Gasteiger partial charge is 0.716 e. The molecule has 4 heterocycles. The quantitative estimate of drug-likeness (QED) is 0.0192. The number of ketones is 1. The molecule has 0 radical (unpaired) electrons. The number of aromatic hydroxyl groups is 1. The summed E-state index contributed by atoms with van der Waals surface area (Å²) >= 11 is 0. The Morgan fingerprint density at radius 1 is 0.843 bits per heavy atom. The van der Waals surface area contributed by atoms with Gasteiger partial charge < -0.3 is 95.6 Å². The summed E-state index contributed by atoms with van der Waals surface area (Å²) < 4.78 is 50.0. The summed E-state index contributed by atoms with van der Waals surface area (Å²) in [5, 5.41) is 103. The third kappa shape index (κ3) is 18.1. The van der Waals surface area contributed by atoms with Crippen LogP contribution in [0.1, 0.15) is 94.2 Å². The number of aliphatic hydroxyl groups excluding tert-OH is 7. The minimum atomic E-state index is -5.58. The van der Waals surface area contributed by atoms with Crippen LogP contribution in [0.4, 0.5) is 0 Å². The molecule has 14 N–H and O–H groups in total. The number of hydrogen-bond donors (Lipinski definition) is 13. The van der Waals surface area contributed by atoms with Gasteiger partial charge in [-0.1, -0.05) is 50.0 Å². The average Bonchev–Trinajstić information content (AvgIpc) is 2.43. The van der Waals surface area contributed by atoms with Crippen molar-refractivity contribution in [2.24, 2.45) is 17.6 Å². The maximum absolute atomic E-state index is 14.7. The number of unbranched alkanes of at least 4 members (excludes halogenated alkanes) is 2. The predicted molar refractivity (Wildman–Crippen MR) is 302 cm³/mol. The van der Waals surface area contributed by atoms with Crippen LogP contribution in [0.2, 0.25) is 0 Å². The van der Waals surface area contributed by atoms with E-state index in [0.717, 1.165) is 37.2 Å². The van der Waals surface area contributed by atoms with Gasteiger partial charge in [0.15, 0.2) is 23.0 Å². The number of Topliss-reactive ketones (excluding diaryl/α,β-unsaturated/α-hetero) is 1. The van der Waals surface area contributed by atoms with Crippen LogP contribution in [0.5, 0.6) is 17.2 Å². The molecule has 32 heteroatoms. The number of carbonyl (C=O) groups is 8. The van der Waals surface area contributed by atoms with Crippen LogP contribution in [0.3, 0.4) is 0 Å². The first-order valence-corrected chi connectivity index (χ1v) is 29.6. The third-order valence-corrected chi connectivity index (χ3v) is 15.8. The number of rotatable bonds is 18. The van der Waals surface area contributed by atoms with Crippen LogP contribution in [-0.2, 0) is 44.0 Å². The average molecular weight is 1280 g/mol. The van der Waals surface area contributed by atoms with Crippen LogP contribution < -0.4 is 65.5 Å². The Balaban J connectivity index is 0.0000126. The molecule has 4 aromatic rings. The fourth-order valence-electron chi connectivity index (χ4n) is 10.6. The summed E-state index contributed by atoms with van der Waals surface area (Å²) in [6, 6.07) is 7.01. The number of phenols is 1. The molecule has 1 aromatic heterocycles. The molecule has 0 bridgehead atoms. The fourth-order valence-corrected chi connectivity index (χ4v) is 11.0. The predicted octanol–water partition coefficient (Wildman–Crippen LogP) is -5.12. The number of hydrogen-bond acceptors (Lipinski definition) is 23. The number of fused-ring (bicyclic) bond motifs is 2. The number of aromatic nitrogens is 1. The zero-order valence-corrected chi connectivity index (χ0v) is 51.7. The maximum atomic E-state index is 14.7. The van der Waals surface area contributed by atoms with Crippen LogP contribution in [0.15, 0.2) is 77.3 Å². The van der Waals surface area contributed by atoms with E-state index in [1.165, 1.54) is 19.1 Å². The minimum absolute atomic E-state index is 0. The number of nitrogens with two attached hydrogens (primary N) is 1. The van der Waals surface area contributed by atoms with Crippen molar-refractivity contribution in [1.29, 1.82) is 0 Å². The van der Waals surface area contributed by atoms with Crippen LogP contribution >= 0.6 is 0 Å². The first-order valence-electron chi connectivity index (χ1n) is 28.2. The van der Waals surface area contributed by atoms with Gasteiger partial charge in [-0.25, -0.2) is 8.42 Å². The zero-order chi connectivity index (χ0) is 64.5. The minimum Gasteiger partial charge on any atom is -0.716 e. The van der Waals surface area contributed by atoms with E-state index in [1.54, 1.807) is 30.3 Å². The van der Waals surface area contributed by atoms with Crippen molar-refractivity contribution in [2.75, 3.05) is 19.7 Å². The summed E-state index contributed by atoms with van der Waals surface area (Å²) in [6.07, 6.45) is -15.2. The van der Waals surface area contributed by atoms with Gasteiger partial charge >= 0.3 is 29.6 Å². The standard InChI is InChI=1S/C57H72N8O22S.Na/c1-4-5-6-19-85-34-14-11-30(12-15-34)42-23-37(63-86-42)29-7-9-31(10-8-29)52(76)59-36-16-18-45(72)60-55(79)48-49(73)27(2)25-65(48)56(80)35(40(69)24-44(58)71)22-41(70)47(51(75)50(74)32-13-17-39(68)43(20-32)87-88(82,83)84)62-54(78)38-21-33(67)26-64(38)57(81)46(28(3)66)61-53(36)77;/h7-15,17,20,23,27-28,33,35-36,38,40,45-51,66-69,72-75H,4-6,16,18-19,21-22,24-26H2,1-3H3,(H2,58,71)(H,59,76)(H,60,79)(H,61,77)(H,62,78)(H,82,83,84);/q;+1/p-1. The summed E-state index contributed by atoms with van der Waals surface area (Å²) in [5.41, 5.74) is 6.41. The molecule has 478 valence electrons. The van der Waals surface area contributed by atoms with Crippen molar-refractivity contribution in [2.45, 2.75) is 145 Å². The number of amides is 7. The van der Waals surface area contributed by atoms with Gasteiger partial charge in [-0.3, -0.25) is 38.4 Å². The molecule has 3 aromatic carbocycles. The second-order valence-electron chi connectivity index (χ2n) is 22.0. The topological polar surface area (TPSA) is 481 Å². The summed E-state index contributed by atoms with van der Waals surface area (Å²) in [7, 11) is -5.58. The van der Waals surface area contributed by atoms with Gasteiger partial charge in [0.2, 0.25) is 35.4 Å². The normalized spacial score (nSPS) is 25.6. The second kappa shape index (κ2) is 31.1. The number of aliphatic hydroxyl groups is 7. The van der Waals surface area contributed by atoms with Gasteiger partial charge in [0.1, 0.15) is 60.1 Å². The SMILES string of the molecule is CCCCCOc1ccc(-c2cc(-c3ccc(C(=O)NC4CCC(O)NC(=O)C5C(O)C(C)CN5C(=O)C(C(O)CC(N)=O)CC(=O)C(C(O)C(O)c5ccc(O)c(OS(=O)(=O)[O-])c5)NC(=O)C5CC(O)CN5C(=O)C(C(C)O)NC4=O)cc3)no2)cc1.[Na+]. The van der Waals surface area contributed by atoms with E-state index in [1.807, 2.05) is 12.1 Å². The molecule has 0 aliphatic carbocycles. The van der Waals surface area contributed by atoms with Crippen LogP contribution in [-0.4, -0.2) is 203 Å². The molecular weight excluding hydrogens is 1200 g/mol. The Hall–Kier alpha value is -7.14. The summed E-state index contributed by atoms with van der Waals surface area (Å²) in [4.78, 5) is 115. The number of nitrogens with zero attached hydrogens (tertiary/aromatic N) is 3. The van der Waals surface area contributed by atoms with Gasteiger partial charge in [-0.2, -0.15) is 0 Å².